The van der Waals surface area contributed by atoms with Gasteiger partial charge in [-0.1, -0.05) is 19.1 Å². The minimum atomic E-state index is -0.285. The van der Waals surface area contributed by atoms with E-state index in [4.69, 9.17) is 22.7 Å². The zero-order chi connectivity index (χ0) is 20.1. The number of ketones is 1. The van der Waals surface area contributed by atoms with Crippen molar-refractivity contribution in [2.45, 2.75) is 33.1 Å². The third-order valence-corrected chi connectivity index (χ3v) is 6.41. The summed E-state index contributed by atoms with van der Waals surface area (Å²) in [6, 6.07) is 0. The number of Topliss-reactive ketones (excluding diaryl/α,β-unsaturated/α-hetero) is 1. The predicted octanol–water partition coefficient (Wildman–Crippen LogP) is 2.84. The van der Waals surface area contributed by atoms with Crippen LogP contribution in [0.2, 0.25) is 0 Å². The lowest BCUT2D eigenvalue weighted by molar-refractivity contribution is -0.122. The van der Waals surface area contributed by atoms with Crippen molar-refractivity contribution in [1.29, 1.82) is 0 Å². The number of aromatic nitrogens is 2. The average Bonchev–Trinajstić information content (AvgIpc) is 2.63. The third kappa shape index (κ3) is 5.30. The molecule has 1 saturated heterocycles. The number of carbonyl (C=O) groups excluding carboxylic acids is 1. The molecule has 0 aliphatic carbocycles. The maximum absolute atomic E-state index is 12.7. The fraction of sp³-hybridized carbons (Fsp3) is 0.667. The van der Waals surface area contributed by atoms with Crippen molar-refractivity contribution in [3.8, 4) is 0 Å². The van der Waals surface area contributed by atoms with Crippen LogP contribution in [-0.4, -0.2) is 38.9 Å². The number of carbonyl (C=O) groups is 1. The van der Waals surface area contributed by atoms with Gasteiger partial charge in [0.25, 0.3) is 0 Å². The molecule has 0 aromatic carbocycles. The van der Waals surface area contributed by atoms with Crippen molar-refractivity contribution in [2.75, 3.05) is 24.7 Å². The van der Waals surface area contributed by atoms with Crippen molar-refractivity contribution in [1.82, 2.24) is 9.13 Å². The van der Waals surface area contributed by atoms with Crippen LogP contribution < -0.4 is 11.4 Å². The molecule has 7 nitrogen and oxygen atoms in total. The Kier molecular flexibility index (Phi) is 7.81. The number of thioether (sulfide) groups is 1. The summed E-state index contributed by atoms with van der Waals surface area (Å²) >= 11 is 6.57. The first-order chi connectivity index (χ1) is 12.7. The molecule has 1 fully saturated rings. The van der Waals surface area contributed by atoms with Crippen LogP contribution in [0.5, 0.6) is 0 Å². The number of aliphatic imine (C=N–C) groups is 1. The number of ether oxygens (including phenoxy) is 1. The lowest BCUT2D eigenvalue weighted by Gasteiger charge is -2.25. The molecule has 2 N–H and O–H groups in total. The van der Waals surface area contributed by atoms with E-state index in [-0.39, 0.29) is 27.7 Å². The Labute approximate surface area is 169 Å². The molecule has 0 saturated carbocycles. The summed E-state index contributed by atoms with van der Waals surface area (Å²) in [6.45, 7) is 5.38. The van der Waals surface area contributed by atoms with Crippen molar-refractivity contribution < 1.29 is 9.53 Å². The number of nitrogens with zero attached hydrogens (tertiary/aromatic N) is 3. The number of nitrogen functional groups attached to an aromatic ring is 1. The summed E-state index contributed by atoms with van der Waals surface area (Å²) in [7, 11) is 3.18. The van der Waals surface area contributed by atoms with E-state index in [1.807, 2.05) is 6.92 Å². The maximum Gasteiger partial charge on any atom is 0.330 e. The van der Waals surface area contributed by atoms with Crippen LogP contribution in [-0.2, 0) is 23.6 Å². The van der Waals surface area contributed by atoms with Crippen LogP contribution in [0.25, 0.3) is 0 Å². The van der Waals surface area contributed by atoms with E-state index >= 15 is 0 Å². The molecular formula is C18H28N4O3S2. The van der Waals surface area contributed by atoms with Gasteiger partial charge in [-0.15, -0.1) is 11.8 Å². The first-order valence-corrected chi connectivity index (χ1v) is 10.5. The van der Waals surface area contributed by atoms with Crippen molar-refractivity contribution in [2.24, 2.45) is 30.9 Å². The monoisotopic (exact) mass is 412 g/mol. The minimum absolute atomic E-state index is 0.0682. The fourth-order valence-corrected chi connectivity index (χ4v) is 4.08. The molecule has 9 heteroatoms. The zero-order valence-corrected chi connectivity index (χ0v) is 18.0. The fourth-order valence-electron chi connectivity index (χ4n) is 3.20. The quantitative estimate of drug-likeness (QED) is 0.464. The molecule has 1 aliphatic rings. The summed E-state index contributed by atoms with van der Waals surface area (Å²) in [6.07, 6.45) is 2.70. The Morgan fingerprint density at radius 2 is 2.04 bits per heavy atom. The highest BCUT2D eigenvalue weighted by Gasteiger charge is 2.25. The van der Waals surface area contributed by atoms with Crippen LogP contribution in [0.1, 0.15) is 33.1 Å². The van der Waals surface area contributed by atoms with Crippen molar-refractivity contribution >= 4 is 46.3 Å². The van der Waals surface area contributed by atoms with Gasteiger partial charge in [-0.25, -0.2) is 9.79 Å². The minimum Gasteiger partial charge on any atom is -0.393 e. The van der Waals surface area contributed by atoms with Crippen LogP contribution in [0.3, 0.4) is 0 Å². The Morgan fingerprint density at radius 3 is 2.74 bits per heavy atom. The van der Waals surface area contributed by atoms with Gasteiger partial charge in [0.2, 0.25) is 0 Å². The lowest BCUT2D eigenvalue weighted by Crippen LogP contribution is -2.28. The van der Waals surface area contributed by atoms with Crippen molar-refractivity contribution in [3.05, 3.63) is 15.1 Å². The highest BCUT2D eigenvalue weighted by Crippen LogP contribution is 2.27. The molecule has 0 bridgehead atoms. The van der Waals surface area contributed by atoms with Crippen LogP contribution in [0, 0.1) is 16.5 Å². The van der Waals surface area contributed by atoms with E-state index in [0.717, 1.165) is 32.5 Å². The van der Waals surface area contributed by atoms with Gasteiger partial charge < -0.3 is 10.5 Å². The number of rotatable bonds is 4. The number of hydrogen-bond acceptors (Lipinski definition) is 7. The van der Waals surface area contributed by atoms with Crippen LogP contribution >= 0.6 is 24.0 Å². The maximum atomic E-state index is 12.7. The molecule has 1 aromatic rings. The van der Waals surface area contributed by atoms with E-state index in [2.05, 4.69) is 11.9 Å². The van der Waals surface area contributed by atoms with Gasteiger partial charge in [-0.2, -0.15) is 0 Å². The topological polar surface area (TPSA) is 91.6 Å². The lowest BCUT2D eigenvalue weighted by atomic mass is 9.84. The van der Waals surface area contributed by atoms with Crippen molar-refractivity contribution in [3.63, 3.8) is 0 Å². The molecule has 1 aliphatic heterocycles. The van der Waals surface area contributed by atoms with E-state index in [9.17, 15) is 9.59 Å². The predicted molar refractivity (Wildman–Crippen MR) is 113 cm³/mol. The summed E-state index contributed by atoms with van der Waals surface area (Å²) in [5.74, 6) is 1.33. The average molecular weight is 413 g/mol. The summed E-state index contributed by atoms with van der Waals surface area (Å²) in [5, 5.41) is 0.676. The Balaban J connectivity index is 2.11. The molecule has 0 spiro atoms. The van der Waals surface area contributed by atoms with E-state index in [0.29, 0.717) is 22.5 Å². The molecule has 0 amide bonds. The smallest absolute Gasteiger partial charge is 0.330 e. The Morgan fingerprint density at radius 1 is 1.33 bits per heavy atom. The van der Waals surface area contributed by atoms with Crippen LogP contribution in [0.4, 0.5) is 11.5 Å². The summed E-state index contributed by atoms with van der Waals surface area (Å²) in [4.78, 5) is 29.3. The normalized spacial score (nSPS) is 21.6. The highest BCUT2D eigenvalue weighted by atomic mass is 32.2. The highest BCUT2D eigenvalue weighted by molar-refractivity contribution is 8.14. The second-order valence-corrected chi connectivity index (χ2v) is 8.51. The number of nitrogens with two attached hydrogens (primary N) is 1. The molecule has 2 heterocycles. The molecular weight excluding hydrogens is 384 g/mol. The van der Waals surface area contributed by atoms with E-state index in [1.165, 1.54) is 20.9 Å². The second kappa shape index (κ2) is 9.66. The summed E-state index contributed by atoms with van der Waals surface area (Å²) in [5.41, 5.74) is 6.05. The van der Waals surface area contributed by atoms with Crippen LogP contribution in [0.15, 0.2) is 9.79 Å². The van der Waals surface area contributed by atoms with Gasteiger partial charge in [-0.05, 0) is 32.1 Å². The van der Waals surface area contributed by atoms with E-state index < -0.39 is 0 Å². The summed E-state index contributed by atoms with van der Waals surface area (Å²) < 4.78 is 8.45. The van der Waals surface area contributed by atoms with Gasteiger partial charge in [0.1, 0.15) is 16.1 Å². The molecule has 2 atom stereocenters. The SMILES string of the molecule is C/C(=N\c1c(N)c(=S)n(C)c(=O)n1C)SCC(=O)C1CCCOCCC1C. The van der Waals surface area contributed by atoms with Gasteiger partial charge in [-0.3, -0.25) is 13.9 Å². The van der Waals surface area contributed by atoms with Gasteiger partial charge >= 0.3 is 5.69 Å². The Bertz CT molecular complexity index is 807. The molecule has 27 heavy (non-hydrogen) atoms. The molecule has 2 rings (SSSR count). The molecule has 1 aromatic heterocycles. The second-order valence-electron chi connectivity index (χ2n) is 6.96. The number of hydrogen-bond donors (Lipinski definition) is 1. The van der Waals surface area contributed by atoms with E-state index in [1.54, 1.807) is 14.1 Å². The Hall–Kier alpha value is -1.45. The van der Waals surface area contributed by atoms with Gasteiger partial charge in [0, 0.05) is 33.2 Å². The standard InChI is InChI=1S/C18H28N4O3S2/c1-11-7-9-25-8-5-6-13(11)14(23)10-27-12(2)20-16-15(19)17(26)22(4)18(24)21(16)3/h11,13H,5-10,19H2,1-4H3/b20-12+. The molecule has 0 radical (unpaired) electrons. The zero-order valence-electron chi connectivity index (χ0n) is 16.4. The molecule has 150 valence electrons. The molecule has 2 unspecified atom stereocenters. The first kappa shape index (κ1) is 21.8. The van der Waals surface area contributed by atoms with Gasteiger partial charge in [0.15, 0.2) is 5.82 Å². The first-order valence-electron chi connectivity index (χ1n) is 9.08. The largest absolute Gasteiger partial charge is 0.393 e. The number of anilines is 1. The van der Waals surface area contributed by atoms with Gasteiger partial charge in [0.05, 0.1) is 10.8 Å². The third-order valence-electron chi connectivity index (χ3n) is 4.98.